The fourth-order valence-electron chi connectivity index (χ4n) is 1.65. The molecule has 1 amide bonds. The maximum Gasteiger partial charge on any atom is 0.233 e. The van der Waals surface area contributed by atoms with E-state index in [1.165, 1.54) is 35.2 Å². The Morgan fingerprint density at radius 3 is 2.83 bits per heavy atom. The van der Waals surface area contributed by atoms with Gasteiger partial charge >= 0.3 is 0 Å². The molecule has 0 aliphatic carbocycles. The molecule has 0 fully saturated rings. The average Bonchev–Trinajstić information content (AvgIpc) is 2.91. The first kappa shape index (κ1) is 17.7. The van der Waals surface area contributed by atoms with E-state index in [0.717, 1.165) is 0 Å². The number of nitrogens with one attached hydrogen (secondary N) is 2. The monoisotopic (exact) mass is 354 g/mol. The molecule has 124 valence electrons. The van der Waals surface area contributed by atoms with Crippen molar-refractivity contribution in [1.29, 1.82) is 0 Å². The Morgan fingerprint density at radius 1 is 1.35 bits per heavy atom. The van der Waals surface area contributed by atoms with Crippen molar-refractivity contribution in [3.63, 3.8) is 0 Å². The SMILES string of the molecule is CC(C)CNC(=O)[C@H](C)Sc1nnc(Nc2cccc(F)c2)s1. The van der Waals surface area contributed by atoms with Gasteiger partial charge in [-0.25, -0.2) is 4.39 Å². The van der Waals surface area contributed by atoms with Gasteiger partial charge in [0.15, 0.2) is 4.34 Å². The normalized spacial score (nSPS) is 12.2. The Kier molecular flexibility index (Phi) is 6.35. The molecule has 0 saturated heterocycles. The van der Waals surface area contributed by atoms with Gasteiger partial charge in [-0.15, -0.1) is 10.2 Å². The number of carbonyl (C=O) groups is 1. The van der Waals surface area contributed by atoms with E-state index < -0.39 is 0 Å². The number of anilines is 2. The zero-order valence-electron chi connectivity index (χ0n) is 13.2. The summed E-state index contributed by atoms with van der Waals surface area (Å²) in [6.07, 6.45) is 0. The van der Waals surface area contributed by atoms with E-state index in [-0.39, 0.29) is 17.0 Å². The van der Waals surface area contributed by atoms with Crippen LogP contribution in [0.1, 0.15) is 20.8 Å². The summed E-state index contributed by atoms with van der Waals surface area (Å²) in [5, 5.41) is 14.3. The summed E-state index contributed by atoms with van der Waals surface area (Å²) in [6, 6.07) is 6.13. The van der Waals surface area contributed by atoms with Crippen molar-refractivity contribution in [2.45, 2.75) is 30.4 Å². The summed E-state index contributed by atoms with van der Waals surface area (Å²) < 4.78 is 13.8. The lowest BCUT2D eigenvalue weighted by atomic mass is 10.2. The van der Waals surface area contributed by atoms with Crippen molar-refractivity contribution in [2.24, 2.45) is 5.92 Å². The van der Waals surface area contributed by atoms with Crippen molar-refractivity contribution in [3.05, 3.63) is 30.1 Å². The number of hydrogen-bond donors (Lipinski definition) is 2. The van der Waals surface area contributed by atoms with Gasteiger partial charge in [0.1, 0.15) is 5.82 Å². The van der Waals surface area contributed by atoms with Gasteiger partial charge in [-0.05, 0) is 31.0 Å². The molecule has 2 aromatic rings. The van der Waals surface area contributed by atoms with Crippen LogP contribution >= 0.6 is 23.1 Å². The molecule has 1 heterocycles. The zero-order valence-corrected chi connectivity index (χ0v) is 14.8. The molecule has 0 aliphatic heterocycles. The molecular formula is C15H19FN4OS2. The van der Waals surface area contributed by atoms with Gasteiger partial charge in [0, 0.05) is 12.2 Å². The Balaban J connectivity index is 1.90. The standard InChI is InChI=1S/C15H19FN4OS2/c1-9(2)8-17-13(21)10(3)22-15-20-19-14(23-15)18-12-6-4-5-11(16)7-12/h4-7,9-10H,8H2,1-3H3,(H,17,21)(H,18,19)/t10-/m0/s1. The molecule has 1 aromatic carbocycles. The first-order chi connectivity index (χ1) is 10.9. The molecule has 2 rings (SSSR count). The van der Waals surface area contributed by atoms with Crippen LogP contribution < -0.4 is 10.6 Å². The second-order valence-electron chi connectivity index (χ2n) is 5.41. The molecular weight excluding hydrogens is 335 g/mol. The Hall–Kier alpha value is -1.67. The third-order valence-electron chi connectivity index (χ3n) is 2.81. The predicted molar refractivity (Wildman–Crippen MR) is 92.8 cm³/mol. The van der Waals surface area contributed by atoms with Gasteiger partial charge in [0.2, 0.25) is 11.0 Å². The number of nitrogens with zero attached hydrogens (tertiary/aromatic N) is 2. The average molecular weight is 354 g/mol. The van der Waals surface area contributed by atoms with Gasteiger partial charge in [-0.2, -0.15) is 0 Å². The van der Waals surface area contributed by atoms with Gasteiger partial charge < -0.3 is 10.6 Å². The molecule has 23 heavy (non-hydrogen) atoms. The summed E-state index contributed by atoms with van der Waals surface area (Å²) in [4.78, 5) is 12.0. The third-order valence-corrected chi connectivity index (χ3v) is 4.84. The number of hydrogen-bond acceptors (Lipinski definition) is 6. The number of carbonyl (C=O) groups excluding carboxylic acids is 1. The van der Waals surface area contributed by atoms with Crippen LogP contribution in [0.15, 0.2) is 28.6 Å². The fraction of sp³-hybridized carbons (Fsp3) is 0.400. The largest absolute Gasteiger partial charge is 0.355 e. The Morgan fingerprint density at radius 2 is 2.13 bits per heavy atom. The van der Waals surface area contributed by atoms with Crippen molar-refractivity contribution in [3.8, 4) is 0 Å². The number of benzene rings is 1. The lowest BCUT2D eigenvalue weighted by molar-refractivity contribution is -0.120. The van der Waals surface area contributed by atoms with E-state index in [0.29, 0.717) is 27.6 Å². The maximum atomic E-state index is 13.1. The zero-order chi connectivity index (χ0) is 16.8. The summed E-state index contributed by atoms with van der Waals surface area (Å²) in [5.41, 5.74) is 0.612. The van der Waals surface area contributed by atoms with Gasteiger partial charge in [0.05, 0.1) is 5.25 Å². The van der Waals surface area contributed by atoms with E-state index in [1.54, 1.807) is 12.1 Å². The minimum absolute atomic E-state index is 0.0152. The predicted octanol–water partition coefficient (Wildman–Crippen LogP) is 3.67. The Labute approximate surface area is 143 Å². The topological polar surface area (TPSA) is 66.9 Å². The number of amides is 1. The highest BCUT2D eigenvalue weighted by atomic mass is 32.2. The van der Waals surface area contributed by atoms with Gasteiger partial charge in [-0.1, -0.05) is 43.0 Å². The van der Waals surface area contributed by atoms with E-state index in [4.69, 9.17) is 0 Å². The highest BCUT2D eigenvalue weighted by Crippen LogP contribution is 2.30. The van der Waals surface area contributed by atoms with Crippen LogP contribution in [-0.4, -0.2) is 27.9 Å². The summed E-state index contributed by atoms with van der Waals surface area (Å²) in [6.45, 7) is 6.59. The molecule has 8 heteroatoms. The van der Waals surface area contributed by atoms with E-state index in [1.807, 2.05) is 20.8 Å². The van der Waals surface area contributed by atoms with E-state index in [2.05, 4.69) is 20.8 Å². The van der Waals surface area contributed by atoms with Crippen molar-refractivity contribution < 1.29 is 9.18 Å². The second-order valence-corrected chi connectivity index (χ2v) is 7.97. The number of thioether (sulfide) groups is 1. The molecule has 1 atom stereocenters. The molecule has 0 spiro atoms. The minimum atomic E-state index is -0.315. The first-order valence-electron chi connectivity index (χ1n) is 7.24. The van der Waals surface area contributed by atoms with Crippen LogP contribution in [0.2, 0.25) is 0 Å². The van der Waals surface area contributed by atoms with Gasteiger partial charge in [0.25, 0.3) is 0 Å². The van der Waals surface area contributed by atoms with E-state index >= 15 is 0 Å². The number of halogens is 1. The minimum Gasteiger partial charge on any atom is -0.355 e. The van der Waals surface area contributed by atoms with Crippen molar-refractivity contribution in [1.82, 2.24) is 15.5 Å². The molecule has 0 bridgehead atoms. The first-order valence-corrected chi connectivity index (χ1v) is 8.94. The van der Waals surface area contributed by atoms with Crippen molar-refractivity contribution in [2.75, 3.05) is 11.9 Å². The van der Waals surface area contributed by atoms with Crippen LogP contribution in [0, 0.1) is 11.7 Å². The second kappa shape index (κ2) is 8.26. The molecule has 1 aromatic heterocycles. The number of aromatic nitrogens is 2. The van der Waals surface area contributed by atoms with Gasteiger partial charge in [-0.3, -0.25) is 4.79 Å². The summed E-state index contributed by atoms with van der Waals surface area (Å²) in [5.74, 6) is 0.0860. The van der Waals surface area contributed by atoms with Crippen molar-refractivity contribution >= 4 is 39.8 Å². The third kappa shape index (κ3) is 5.80. The van der Waals surface area contributed by atoms with E-state index in [9.17, 15) is 9.18 Å². The summed E-state index contributed by atoms with van der Waals surface area (Å²) in [7, 11) is 0. The molecule has 0 aliphatic rings. The van der Waals surface area contributed by atoms with Crippen LogP contribution in [0.25, 0.3) is 0 Å². The maximum absolute atomic E-state index is 13.1. The Bertz CT molecular complexity index is 662. The molecule has 5 nitrogen and oxygen atoms in total. The quantitative estimate of drug-likeness (QED) is 0.743. The fourth-order valence-corrected chi connectivity index (χ4v) is 3.59. The summed E-state index contributed by atoms with van der Waals surface area (Å²) >= 11 is 2.69. The lowest BCUT2D eigenvalue weighted by Crippen LogP contribution is -2.33. The molecule has 2 N–H and O–H groups in total. The van der Waals surface area contributed by atoms with Crippen LogP contribution in [0.3, 0.4) is 0 Å². The molecule has 0 saturated carbocycles. The van der Waals surface area contributed by atoms with Crippen LogP contribution in [-0.2, 0) is 4.79 Å². The highest BCUT2D eigenvalue weighted by molar-refractivity contribution is 8.02. The lowest BCUT2D eigenvalue weighted by Gasteiger charge is -2.11. The molecule has 0 radical (unpaired) electrons. The highest BCUT2D eigenvalue weighted by Gasteiger charge is 2.17. The smallest absolute Gasteiger partial charge is 0.233 e. The number of rotatable bonds is 7. The van der Waals surface area contributed by atoms with Crippen LogP contribution in [0.4, 0.5) is 15.2 Å². The van der Waals surface area contributed by atoms with Crippen LogP contribution in [0.5, 0.6) is 0 Å². The molecule has 0 unspecified atom stereocenters.